The maximum Gasteiger partial charge on any atom is 0.255 e. The van der Waals surface area contributed by atoms with Crippen LogP contribution in [0.3, 0.4) is 0 Å². The molecule has 0 aliphatic carbocycles. The number of rotatable bonds is 5. The summed E-state index contributed by atoms with van der Waals surface area (Å²) < 4.78 is 5.82. The Kier molecular flexibility index (Phi) is 5.91. The highest BCUT2D eigenvalue weighted by atomic mass is 127. The van der Waals surface area contributed by atoms with Crippen molar-refractivity contribution in [2.75, 3.05) is 24.4 Å². The smallest absolute Gasteiger partial charge is 0.255 e. The fourth-order valence-corrected chi connectivity index (χ4v) is 2.17. The van der Waals surface area contributed by atoms with Crippen LogP contribution in [0.1, 0.15) is 10.4 Å². The fraction of sp³-hybridized carbons (Fsp3) is 0.125. The van der Waals surface area contributed by atoms with Crippen LogP contribution in [0.15, 0.2) is 48.5 Å². The average molecular weight is 410 g/mol. The number of halogens is 1. The van der Waals surface area contributed by atoms with Gasteiger partial charge in [0.2, 0.25) is 5.91 Å². The molecule has 22 heavy (non-hydrogen) atoms. The predicted octanol–water partition coefficient (Wildman–Crippen LogP) is 3.13. The Morgan fingerprint density at radius 2 is 1.68 bits per heavy atom. The first-order valence-electron chi connectivity index (χ1n) is 6.54. The molecule has 2 N–H and O–H groups in total. The molecule has 2 aromatic rings. The van der Waals surface area contributed by atoms with Gasteiger partial charge in [-0.15, -0.1) is 0 Å². The molecule has 0 saturated carbocycles. The third kappa shape index (κ3) is 4.81. The molecular weight excluding hydrogens is 395 g/mol. The van der Waals surface area contributed by atoms with Crippen molar-refractivity contribution in [3.05, 3.63) is 57.7 Å². The largest absolute Gasteiger partial charge is 0.375 e. The summed E-state index contributed by atoms with van der Waals surface area (Å²) in [6, 6.07) is 14.2. The molecule has 2 amide bonds. The zero-order valence-electron chi connectivity index (χ0n) is 11.9. The molecule has 0 aliphatic rings. The Labute approximate surface area is 142 Å². The predicted molar refractivity (Wildman–Crippen MR) is 94.1 cm³/mol. The number of carbonyl (C=O) groups is 2. The Balaban J connectivity index is 2.05. The highest BCUT2D eigenvalue weighted by molar-refractivity contribution is 14.1. The van der Waals surface area contributed by atoms with Gasteiger partial charge in [0.1, 0.15) is 6.61 Å². The Hall–Kier alpha value is -1.93. The number of anilines is 2. The normalized spacial score (nSPS) is 10.1. The van der Waals surface area contributed by atoms with Gasteiger partial charge >= 0.3 is 0 Å². The lowest BCUT2D eigenvalue weighted by Gasteiger charge is -2.09. The molecule has 114 valence electrons. The molecule has 0 aliphatic heterocycles. The standard InChI is InChI=1S/C16H15IN2O3/c1-22-10-15(20)18-13-3-2-4-14(9-13)19-16(21)11-5-7-12(17)8-6-11/h2-9H,10H2,1H3,(H,18,20)(H,19,21). The first-order chi connectivity index (χ1) is 10.6. The van der Waals surface area contributed by atoms with Gasteiger partial charge in [0.25, 0.3) is 5.91 Å². The number of benzene rings is 2. The van der Waals surface area contributed by atoms with E-state index in [0.717, 1.165) is 3.57 Å². The molecule has 0 spiro atoms. The lowest BCUT2D eigenvalue weighted by atomic mass is 10.2. The van der Waals surface area contributed by atoms with Gasteiger partial charge in [-0.1, -0.05) is 6.07 Å². The maximum atomic E-state index is 12.1. The summed E-state index contributed by atoms with van der Waals surface area (Å²) in [5, 5.41) is 5.49. The Morgan fingerprint density at radius 1 is 1.05 bits per heavy atom. The van der Waals surface area contributed by atoms with Crippen molar-refractivity contribution in [1.82, 2.24) is 0 Å². The van der Waals surface area contributed by atoms with Crippen LogP contribution in [0.2, 0.25) is 0 Å². The number of ether oxygens (including phenoxy) is 1. The molecule has 0 radical (unpaired) electrons. The van der Waals surface area contributed by atoms with Gasteiger partial charge in [0.05, 0.1) is 0 Å². The van der Waals surface area contributed by atoms with Crippen molar-refractivity contribution in [2.45, 2.75) is 0 Å². The van der Waals surface area contributed by atoms with Crippen molar-refractivity contribution in [3.8, 4) is 0 Å². The molecule has 0 fully saturated rings. The van der Waals surface area contributed by atoms with Gasteiger partial charge in [-0.25, -0.2) is 0 Å². The minimum Gasteiger partial charge on any atom is -0.375 e. The van der Waals surface area contributed by atoms with E-state index >= 15 is 0 Å². The number of nitrogens with one attached hydrogen (secondary N) is 2. The van der Waals surface area contributed by atoms with Gasteiger partial charge < -0.3 is 15.4 Å². The van der Waals surface area contributed by atoms with Gasteiger partial charge in [0, 0.05) is 27.6 Å². The lowest BCUT2D eigenvalue weighted by molar-refractivity contribution is -0.119. The van der Waals surface area contributed by atoms with Crippen LogP contribution in [0.25, 0.3) is 0 Å². The quantitative estimate of drug-likeness (QED) is 0.745. The highest BCUT2D eigenvalue weighted by Gasteiger charge is 2.07. The van der Waals surface area contributed by atoms with E-state index in [1.165, 1.54) is 7.11 Å². The van der Waals surface area contributed by atoms with Crippen LogP contribution in [0.4, 0.5) is 11.4 Å². The third-order valence-corrected chi connectivity index (χ3v) is 3.51. The van der Waals surface area contributed by atoms with E-state index < -0.39 is 0 Å². The van der Waals surface area contributed by atoms with E-state index in [1.807, 2.05) is 12.1 Å². The molecule has 0 unspecified atom stereocenters. The van der Waals surface area contributed by atoms with Crippen molar-refractivity contribution in [3.63, 3.8) is 0 Å². The minimum absolute atomic E-state index is 0.0146. The maximum absolute atomic E-state index is 12.1. The second-order valence-electron chi connectivity index (χ2n) is 4.52. The van der Waals surface area contributed by atoms with Crippen molar-refractivity contribution in [1.29, 1.82) is 0 Å². The van der Waals surface area contributed by atoms with E-state index in [0.29, 0.717) is 16.9 Å². The number of carbonyl (C=O) groups excluding carboxylic acids is 2. The van der Waals surface area contributed by atoms with E-state index in [4.69, 9.17) is 4.74 Å². The van der Waals surface area contributed by atoms with E-state index in [9.17, 15) is 9.59 Å². The van der Waals surface area contributed by atoms with Crippen LogP contribution < -0.4 is 10.6 Å². The Morgan fingerprint density at radius 3 is 2.32 bits per heavy atom. The van der Waals surface area contributed by atoms with Crippen LogP contribution in [0.5, 0.6) is 0 Å². The number of hydrogen-bond acceptors (Lipinski definition) is 3. The van der Waals surface area contributed by atoms with Crippen LogP contribution in [-0.2, 0) is 9.53 Å². The minimum atomic E-state index is -0.247. The monoisotopic (exact) mass is 410 g/mol. The molecule has 5 nitrogen and oxygen atoms in total. The topological polar surface area (TPSA) is 67.4 Å². The van der Waals surface area contributed by atoms with Crippen molar-refractivity contribution < 1.29 is 14.3 Å². The lowest BCUT2D eigenvalue weighted by Crippen LogP contribution is -2.17. The molecule has 0 aromatic heterocycles. The second kappa shape index (κ2) is 7.90. The SMILES string of the molecule is COCC(=O)Nc1cccc(NC(=O)c2ccc(I)cc2)c1. The summed E-state index contributed by atoms with van der Waals surface area (Å²) in [6.45, 7) is -0.0146. The van der Waals surface area contributed by atoms with Crippen LogP contribution in [0, 0.1) is 3.57 Å². The fourth-order valence-electron chi connectivity index (χ4n) is 1.81. The third-order valence-electron chi connectivity index (χ3n) is 2.79. The highest BCUT2D eigenvalue weighted by Crippen LogP contribution is 2.16. The summed E-state index contributed by atoms with van der Waals surface area (Å²) in [5.74, 6) is -0.444. The summed E-state index contributed by atoms with van der Waals surface area (Å²) in [7, 11) is 1.46. The summed E-state index contributed by atoms with van der Waals surface area (Å²) in [6.07, 6.45) is 0. The van der Waals surface area contributed by atoms with E-state index in [-0.39, 0.29) is 18.4 Å². The van der Waals surface area contributed by atoms with Gasteiger partial charge in [-0.3, -0.25) is 9.59 Å². The molecular formula is C16H15IN2O3. The summed E-state index contributed by atoms with van der Waals surface area (Å²) >= 11 is 2.18. The zero-order valence-corrected chi connectivity index (χ0v) is 14.1. The zero-order chi connectivity index (χ0) is 15.9. The molecule has 0 heterocycles. The average Bonchev–Trinajstić information content (AvgIpc) is 2.48. The van der Waals surface area contributed by atoms with Gasteiger partial charge in [-0.2, -0.15) is 0 Å². The first kappa shape index (κ1) is 16.4. The first-order valence-corrected chi connectivity index (χ1v) is 7.62. The molecule has 6 heteroatoms. The van der Waals surface area contributed by atoms with Gasteiger partial charge in [-0.05, 0) is 65.1 Å². The molecule has 0 bridgehead atoms. The molecule has 0 atom stereocenters. The van der Waals surface area contributed by atoms with Crippen LogP contribution in [-0.4, -0.2) is 25.5 Å². The van der Waals surface area contributed by atoms with Crippen molar-refractivity contribution in [2.24, 2.45) is 0 Å². The number of methoxy groups -OCH3 is 1. The molecule has 2 aromatic carbocycles. The number of amides is 2. The molecule has 0 saturated heterocycles. The summed E-state index contributed by atoms with van der Waals surface area (Å²) in [4.78, 5) is 23.6. The van der Waals surface area contributed by atoms with E-state index in [1.54, 1.807) is 36.4 Å². The van der Waals surface area contributed by atoms with Crippen LogP contribution >= 0.6 is 22.6 Å². The Bertz CT molecular complexity index is 671. The van der Waals surface area contributed by atoms with E-state index in [2.05, 4.69) is 33.2 Å². The molecule has 2 rings (SSSR count). The summed E-state index contributed by atoms with van der Waals surface area (Å²) in [5.41, 5.74) is 1.79. The number of hydrogen-bond donors (Lipinski definition) is 2. The second-order valence-corrected chi connectivity index (χ2v) is 5.77. The van der Waals surface area contributed by atoms with Gasteiger partial charge in [0.15, 0.2) is 0 Å². The van der Waals surface area contributed by atoms with Crippen molar-refractivity contribution >= 4 is 45.8 Å².